The van der Waals surface area contributed by atoms with Gasteiger partial charge in [0.15, 0.2) is 0 Å². The first-order valence-electron chi connectivity index (χ1n) is 7.42. The Morgan fingerprint density at radius 3 is 2.42 bits per heavy atom. The van der Waals surface area contributed by atoms with Crippen LogP contribution in [0.3, 0.4) is 0 Å². The third-order valence-corrected chi connectivity index (χ3v) is 3.57. The van der Waals surface area contributed by atoms with Crippen LogP contribution in [0.15, 0.2) is 60.9 Å². The Morgan fingerprint density at radius 1 is 0.958 bits per heavy atom. The molecule has 1 aromatic heterocycles. The van der Waals surface area contributed by atoms with Crippen molar-refractivity contribution in [3.8, 4) is 22.9 Å². The summed E-state index contributed by atoms with van der Waals surface area (Å²) in [6, 6.07) is 15.0. The van der Waals surface area contributed by atoms with E-state index in [2.05, 4.69) is 9.97 Å². The number of aryl methyl sites for hydroxylation is 1. The van der Waals surface area contributed by atoms with Crippen molar-refractivity contribution >= 4 is 5.97 Å². The Balaban J connectivity index is 1.95. The topological polar surface area (TPSA) is 61.3 Å². The van der Waals surface area contributed by atoms with E-state index in [4.69, 9.17) is 9.47 Å². The van der Waals surface area contributed by atoms with Gasteiger partial charge < -0.3 is 9.47 Å². The molecule has 5 nitrogen and oxygen atoms in total. The Bertz CT molecular complexity index is 863. The van der Waals surface area contributed by atoms with Gasteiger partial charge in [0.25, 0.3) is 0 Å². The van der Waals surface area contributed by atoms with Gasteiger partial charge in [-0.2, -0.15) is 0 Å². The number of hydrogen-bond acceptors (Lipinski definition) is 5. The molecule has 0 radical (unpaired) electrons. The molecule has 0 fully saturated rings. The summed E-state index contributed by atoms with van der Waals surface area (Å²) in [5.74, 6) is 0.279. The van der Waals surface area contributed by atoms with Crippen LogP contribution in [-0.2, 0) is 4.74 Å². The fourth-order valence-corrected chi connectivity index (χ4v) is 2.45. The number of methoxy groups -OCH3 is 1. The summed E-state index contributed by atoms with van der Waals surface area (Å²) >= 11 is 0. The molecule has 0 aliphatic heterocycles. The number of hydrogen-bond donors (Lipinski definition) is 0. The van der Waals surface area contributed by atoms with Gasteiger partial charge in [-0.3, -0.25) is 0 Å². The summed E-state index contributed by atoms with van der Waals surface area (Å²) in [6.45, 7) is 1.96. The molecule has 3 aromatic rings. The van der Waals surface area contributed by atoms with Crippen molar-refractivity contribution in [2.45, 2.75) is 6.92 Å². The Labute approximate surface area is 139 Å². The van der Waals surface area contributed by atoms with E-state index in [9.17, 15) is 4.79 Å². The van der Waals surface area contributed by atoms with Crippen LogP contribution < -0.4 is 4.74 Å². The lowest BCUT2D eigenvalue weighted by atomic mass is 9.96. The van der Waals surface area contributed by atoms with Crippen LogP contribution in [0.1, 0.15) is 15.9 Å². The van der Waals surface area contributed by atoms with E-state index in [1.807, 2.05) is 43.3 Å². The molecule has 0 saturated heterocycles. The molecule has 3 rings (SSSR count). The normalized spacial score (nSPS) is 10.2. The lowest BCUT2D eigenvalue weighted by Gasteiger charge is -2.12. The second-order valence-corrected chi connectivity index (χ2v) is 5.15. The average molecular weight is 320 g/mol. The van der Waals surface area contributed by atoms with E-state index in [0.29, 0.717) is 17.3 Å². The average Bonchev–Trinajstić information content (AvgIpc) is 2.62. The first-order chi connectivity index (χ1) is 11.7. The zero-order valence-corrected chi connectivity index (χ0v) is 13.4. The minimum Gasteiger partial charge on any atom is -0.465 e. The fraction of sp³-hybridized carbons (Fsp3) is 0.105. The maximum absolute atomic E-state index is 12.0. The minimum atomic E-state index is -0.358. The monoisotopic (exact) mass is 320 g/mol. The second kappa shape index (κ2) is 6.91. The van der Waals surface area contributed by atoms with Gasteiger partial charge in [0.2, 0.25) is 0 Å². The van der Waals surface area contributed by atoms with Gasteiger partial charge in [0.05, 0.1) is 12.7 Å². The third kappa shape index (κ3) is 3.25. The van der Waals surface area contributed by atoms with Gasteiger partial charge in [0.1, 0.15) is 5.75 Å². The van der Waals surface area contributed by atoms with Crippen LogP contribution in [0.2, 0.25) is 0 Å². The number of carbonyl (C=O) groups excluding carboxylic acids is 1. The molecule has 0 aliphatic carbocycles. The van der Waals surface area contributed by atoms with Crippen LogP contribution in [0, 0.1) is 6.92 Å². The second-order valence-electron chi connectivity index (χ2n) is 5.15. The standard InChI is InChI=1S/C19H16N2O3/c1-13-12-14(24-19-20-10-5-11-21-19)8-9-15(13)16-6-3-4-7-17(16)18(22)23-2/h3-12H,1-2H3. The lowest BCUT2D eigenvalue weighted by Crippen LogP contribution is -2.03. The summed E-state index contributed by atoms with van der Waals surface area (Å²) in [7, 11) is 1.38. The highest BCUT2D eigenvalue weighted by atomic mass is 16.5. The number of benzene rings is 2. The first kappa shape index (κ1) is 15.7. The third-order valence-electron chi connectivity index (χ3n) is 3.57. The maximum atomic E-state index is 12.0. The largest absolute Gasteiger partial charge is 0.465 e. The van der Waals surface area contributed by atoms with Crippen molar-refractivity contribution in [3.05, 3.63) is 72.1 Å². The van der Waals surface area contributed by atoms with Crippen LogP contribution in [-0.4, -0.2) is 23.0 Å². The summed E-state index contributed by atoms with van der Waals surface area (Å²) in [4.78, 5) is 20.0. The number of ether oxygens (including phenoxy) is 2. The van der Waals surface area contributed by atoms with E-state index in [1.54, 1.807) is 24.5 Å². The molecule has 0 unspecified atom stereocenters. The molecule has 0 saturated carbocycles. The van der Waals surface area contributed by atoms with Gasteiger partial charge in [-0.05, 0) is 47.9 Å². The quantitative estimate of drug-likeness (QED) is 0.679. The van der Waals surface area contributed by atoms with Crippen molar-refractivity contribution in [1.29, 1.82) is 0 Å². The maximum Gasteiger partial charge on any atom is 0.338 e. The molecule has 5 heteroatoms. The molecular formula is C19H16N2O3. The van der Waals surface area contributed by atoms with Gasteiger partial charge in [-0.25, -0.2) is 14.8 Å². The zero-order valence-electron chi connectivity index (χ0n) is 13.4. The molecule has 1 heterocycles. The Hall–Kier alpha value is -3.21. The molecule has 0 bridgehead atoms. The van der Waals surface area contributed by atoms with E-state index in [0.717, 1.165) is 16.7 Å². The fourth-order valence-electron chi connectivity index (χ4n) is 2.45. The van der Waals surface area contributed by atoms with Crippen molar-refractivity contribution < 1.29 is 14.3 Å². The SMILES string of the molecule is COC(=O)c1ccccc1-c1ccc(Oc2ncccn2)cc1C. The highest BCUT2D eigenvalue weighted by Crippen LogP contribution is 2.30. The summed E-state index contributed by atoms with van der Waals surface area (Å²) in [5.41, 5.74) is 3.27. The molecule has 0 aliphatic rings. The molecule has 0 spiro atoms. The summed E-state index contributed by atoms with van der Waals surface area (Å²) in [6.07, 6.45) is 3.24. The van der Waals surface area contributed by atoms with Crippen molar-refractivity contribution in [3.63, 3.8) is 0 Å². The molecule has 2 aromatic carbocycles. The highest BCUT2D eigenvalue weighted by Gasteiger charge is 2.14. The molecular weight excluding hydrogens is 304 g/mol. The molecule has 24 heavy (non-hydrogen) atoms. The number of esters is 1. The van der Waals surface area contributed by atoms with Crippen molar-refractivity contribution in [1.82, 2.24) is 9.97 Å². The molecule has 0 atom stereocenters. The van der Waals surface area contributed by atoms with Crippen molar-refractivity contribution in [2.75, 3.05) is 7.11 Å². The highest BCUT2D eigenvalue weighted by molar-refractivity contribution is 5.97. The Kier molecular flexibility index (Phi) is 4.52. The van der Waals surface area contributed by atoms with Gasteiger partial charge in [0, 0.05) is 12.4 Å². The Morgan fingerprint density at radius 2 is 1.71 bits per heavy atom. The first-order valence-corrected chi connectivity index (χ1v) is 7.42. The predicted octanol–water partition coefficient (Wildman–Crippen LogP) is 4.03. The number of carbonyl (C=O) groups is 1. The van der Waals surface area contributed by atoms with Gasteiger partial charge in [-0.1, -0.05) is 24.3 Å². The number of aromatic nitrogens is 2. The van der Waals surface area contributed by atoms with Crippen molar-refractivity contribution in [2.24, 2.45) is 0 Å². The van der Waals surface area contributed by atoms with Gasteiger partial charge in [-0.15, -0.1) is 0 Å². The molecule has 120 valence electrons. The van der Waals surface area contributed by atoms with Crippen LogP contribution >= 0.6 is 0 Å². The molecule has 0 amide bonds. The van der Waals surface area contributed by atoms with Gasteiger partial charge >= 0.3 is 12.0 Å². The lowest BCUT2D eigenvalue weighted by molar-refractivity contribution is 0.0601. The summed E-state index contributed by atoms with van der Waals surface area (Å²) in [5, 5.41) is 0. The van der Waals surface area contributed by atoms with Crippen LogP contribution in [0.4, 0.5) is 0 Å². The van der Waals surface area contributed by atoms with Crippen LogP contribution in [0.5, 0.6) is 11.8 Å². The number of nitrogens with zero attached hydrogens (tertiary/aromatic N) is 2. The van der Waals surface area contributed by atoms with Crippen LogP contribution in [0.25, 0.3) is 11.1 Å². The van der Waals surface area contributed by atoms with E-state index < -0.39 is 0 Å². The smallest absolute Gasteiger partial charge is 0.338 e. The van der Waals surface area contributed by atoms with E-state index in [1.165, 1.54) is 7.11 Å². The minimum absolute atomic E-state index is 0.291. The molecule has 0 N–H and O–H groups in total. The number of rotatable bonds is 4. The van der Waals surface area contributed by atoms with E-state index >= 15 is 0 Å². The van der Waals surface area contributed by atoms with E-state index in [-0.39, 0.29) is 5.97 Å². The predicted molar refractivity (Wildman–Crippen MR) is 90.1 cm³/mol. The summed E-state index contributed by atoms with van der Waals surface area (Å²) < 4.78 is 10.5. The zero-order chi connectivity index (χ0) is 16.9.